The highest BCUT2D eigenvalue weighted by Crippen LogP contribution is 2.06. The standard InChI is InChI=1S/C10H18N2.CH4/c1-3-5-7-12-9-8-11(10-12)6-4-2;/h4,8-9H,2-3,5-7,10H2,1H3;1H4. The molecule has 0 bridgehead atoms. The Hall–Kier alpha value is -0.920. The number of unbranched alkanes of at least 4 members (excludes halogenated alkanes) is 1. The molecule has 0 aromatic rings. The van der Waals surface area contributed by atoms with Crippen molar-refractivity contribution in [2.45, 2.75) is 27.2 Å². The second kappa shape index (κ2) is 6.58. The lowest BCUT2D eigenvalue weighted by Crippen LogP contribution is -2.25. The van der Waals surface area contributed by atoms with Crippen molar-refractivity contribution >= 4 is 0 Å². The molecule has 0 atom stereocenters. The molecule has 76 valence electrons. The lowest BCUT2D eigenvalue weighted by atomic mass is 10.3. The van der Waals surface area contributed by atoms with Gasteiger partial charge in [0, 0.05) is 25.5 Å². The zero-order chi connectivity index (χ0) is 8.81. The Morgan fingerprint density at radius 2 is 2.08 bits per heavy atom. The first-order valence-corrected chi connectivity index (χ1v) is 4.64. The predicted octanol–water partition coefficient (Wildman–Crippen LogP) is 2.65. The molecule has 0 saturated heterocycles. The molecule has 0 N–H and O–H groups in total. The second-order valence-corrected chi connectivity index (χ2v) is 3.17. The lowest BCUT2D eigenvalue weighted by Gasteiger charge is -2.19. The Labute approximate surface area is 82.5 Å². The second-order valence-electron chi connectivity index (χ2n) is 3.17. The van der Waals surface area contributed by atoms with Crippen LogP contribution in [-0.4, -0.2) is 29.6 Å². The summed E-state index contributed by atoms with van der Waals surface area (Å²) in [5, 5.41) is 0. The van der Waals surface area contributed by atoms with E-state index in [9.17, 15) is 0 Å². The van der Waals surface area contributed by atoms with Crippen LogP contribution in [0.4, 0.5) is 0 Å². The Kier molecular flexibility index (Phi) is 6.11. The van der Waals surface area contributed by atoms with Crippen LogP contribution < -0.4 is 0 Å². The Bertz CT molecular complexity index is 163. The molecule has 0 aromatic carbocycles. The average Bonchev–Trinajstić information content (AvgIpc) is 2.50. The molecule has 0 amide bonds. The summed E-state index contributed by atoms with van der Waals surface area (Å²) in [6.45, 7) is 9.11. The molecule has 2 heteroatoms. The van der Waals surface area contributed by atoms with Crippen LogP contribution in [0.3, 0.4) is 0 Å². The van der Waals surface area contributed by atoms with Crippen LogP contribution in [0.5, 0.6) is 0 Å². The monoisotopic (exact) mass is 182 g/mol. The molecule has 0 spiro atoms. The SMILES string of the molecule is C.C=CCN1C=CN(CCCC)C1. The van der Waals surface area contributed by atoms with Crippen molar-refractivity contribution in [1.82, 2.24) is 9.80 Å². The van der Waals surface area contributed by atoms with Gasteiger partial charge in [0.1, 0.15) is 0 Å². The van der Waals surface area contributed by atoms with E-state index >= 15 is 0 Å². The maximum atomic E-state index is 3.72. The molecule has 0 fully saturated rings. The highest BCUT2D eigenvalue weighted by atomic mass is 15.3. The van der Waals surface area contributed by atoms with Gasteiger partial charge < -0.3 is 9.80 Å². The third kappa shape index (κ3) is 4.02. The summed E-state index contributed by atoms with van der Waals surface area (Å²) in [6.07, 6.45) is 8.79. The van der Waals surface area contributed by atoms with Gasteiger partial charge in [-0.25, -0.2) is 0 Å². The van der Waals surface area contributed by atoms with Gasteiger partial charge in [0.25, 0.3) is 0 Å². The molecule has 0 saturated carbocycles. The van der Waals surface area contributed by atoms with Crippen molar-refractivity contribution in [3.63, 3.8) is 0 Å². The van der Waals surface area contributed by atoms with E-state index in [0.29, 0.717) is 0 Å². The van der Waals surface area contributed by atoms with Gasteiger partial charge in [-0.1, -0.05) is 26.8 Å². The van der Waals surface area contributed by atoms with Gasteiger partial charge in [-0.15, -0.1) is 6.58 Å². The minimum absolute atomic E-state index is 0. The number of hydrogen-bond donors (Lipinski definition) is 0. The normalized spacial score (nSPS) is 14.5. The molecule has 1 aliphatic heterocycles. The summed E-state index contributed by atoms with van der Waals surface area (Å²) in [5.41, 5.74) is 0. The first-order chi connectivity index (χ1) is 5.86. The third-order valence-electron chi connectivity index (χ3n) is 2.01. The fraction of sp³-hybridized carbons (Fsp3) is 0.636. The molecule has 0 aromatic heterocycles. The molecule has 1 aliphatic rings. The van der Waals surface area contributed by atoms with Crippen LogP contribution in [0.2, 0.25) is 0 Å². The zero-order valence-corrected chi connectivity index (χ0v) is 7.87. The van der Waals surface area contributed by atoms with Crippen molar-refractivity contribution in [3.8, 4) is 0 Å². The zero-order valence-electron chi connectivity index (χ0n) is 7.87. The summed E-state index contributed by atoms with van der Waals surface area (Å²) in [7, 11) is 0. The summed E-state index contributed by atoms with van der Waals surface area (Å²) < 4.78 is 0. The van der Waals surface area contributed by atoms with Crippen LogP contribution in [-0.2, 0) is 0 Å². The molecule has 0 radical (unpaired) electrons. The minimum Gasteiger partial charge on any atom is -0.359 e. The van der Waals surface area contributed by atoms with E-state index in [1.54, 1.807) is 0 Å². The van der Waals surface area contributed by atoms with E-state index in [-0.39, 0.29) is 7.43 Å². The molecule has 0 unspecified atom stereocenters. The van der Waals surface area contributed by atoms with Gasteiger partial charge >= 0.3 is 0 Å². The molecular weight excluding hydrogens is 160 g/mol. The highest BCUT2D eigenvalue weighted by Gasteiger charge is 2.08. The summed E-state index contributed by atoms with van der Waals surface area (Å²) >= 11 is 0. The molecule has 2 nitrogen and oxygen atoms in total. The Balaban J connectivity index is 0.00000144. The molecule has 1 heterocycles. The van der Waals surface area contributed by atoms with E-state index in [1.807, 2.05) is 6.08 Å². The fourth-order valence-corrected chi connectivity index (χ4v) is 1.31. The summed E-state index contributed by atoms with van der Waals surface area (Å²) in [4.78, 5) is 4.59. The van der Waals surface area contributed by atoms with E-state index < -0.39 is 0 Å². The van der Waals surface area contributed by atoms with Crippen molar-refractivity contribution < 1.29 is 0 Å². The molecule has 1 rings (SSSR count). The number of hydrogen-bond acceptors (Lipinski definition) is 2. The molecular formula is C11H22N2. The van der Waals surface area contributed by atoms with Gasteiger partial charge in [0.15, 0.2) is 0 Å². The maximum absolute atomic E-state index is 3.72. The van der Waals surface area contributed by atoms with Gasteiger partial charge in [0.2, 0.25) is 0 Å². The van der Waals surface area contributed by atoms with Gasteiger partial charge in [-0.3, -0.25) is 0 Å². The highest BCUT2D eigenvalue weighted by molar-refractivity contribution is 4.92. The summed E-state index contributed by atoms with van der Waals surface area (Å²) in [5.74, 6) is 0. The van der Waals surface area contributed by atoms with Crippen LogP contribution >= 0.6 is 0 Å². The topological polar surface area (TPSA) is 6.48 Å². The van der Waals surface area contributed by atoms with E-state index in [2.05, 4.69) is 35.7 Å². The number of nitrogens with zero attached hydrogens (tertiary/aromatic N) is 2. The largest absolute Gasteiger partial charge is 0.359 e. The molecule has 0 aliphatic carbocycles. The Morgan fingerprint density at radius 1 is 1.38 bits per heavy atom. The maximum Gasteiger partial charge on any atom is 0.0896 e. The minimum atomic E-state index is 0. The van der Waals surface area contributed by atoms with Gasteiger partial charge in [-0.05, 0) is 6.42 Å². The van der Waals surface area contributed by atoms with Crippen molar-refractivity contribution in [3.05, 3.63) is 25.1 Å². The summed E-state index contributed by atoms with van der Waals surface area (Å²) in [6, 6.07) is 0. The van der Waals surface area contributed by atoms with E-state index in [0.717, 1.165) is 13.2 Å². The van der Waals surface area contributed by atoms with Crippen LogP contribution in [0, 0.1) is 0 Å². The fourth-order valence-electron chi connectivity index (χ4n) is 1.31. The van der Waals surface area contributed by atoms with Crippen LogP contribution in [0.1, 0.15) is 27.2 Å². The van der Waals surface area contributed by atoms with Crippen molar-refractivity contribution in [2.75, 3.05) is 19.8 Å². The van der Waals surface area contributed by atoms with Gasteiger partial charge in [-0.2, -0.15) is 0 Å². The average molecular weight is 182 g/mol. The molecule has 13 heavy (non-hydrogen) atoms. The van der Waals surface area contributed by atoms with E-state index in [1.165, 1.54) is 19.4 Å². The van der Waals surface area contributed by atoms with Gasteiger partial charge in [0.05, 0.1) is 6.67 Å². The quantitative estimate of drug-likeness (QED) is 0.603. The Morgan fingerprint density at radius 3 is 2.69 bits per heavy atom. The third-order valence-corrected chi connectivity index (χ3v) is 2.01. The smallest absolute Gasteiger partial charge is 0.0896 e. The van der Waals surface area contributed by atoms with E-state index in [4.69, 9.17) is 0 Å². The van der Waals surface area contributed by atoms with Crippen LogP contribution in [0.25, 0.3) is 0 Å². The lowest BCUT2D eigenvalue weighted by molar-refractivity contribution is 0.278. The van der Waals surface area contributed by atoms with Crippen LogP contribution in [0.15, 0.2) is 25.1 Å². The number of rotatable bonds is 5. The predicted molar refractivity (Wildman–Crippen MR) is 59.3 cm³/mol. The first-order valence-electron chi connectivity index (χ1n) is 4.64. The van der Waals surface area contributed by atoms with Crippen molar-refractivity contribution in [2.24, 2.45) is 0 Å². The van der Waals surface area contributed by atoms with Crippen molar-refractivity contribution in [1.29, 1.82) is 0 Å². The first kappa shape index (κ1) is 12.1.